The third-order valence-electron chi connectivity index (χ3n) is 7.57. The quantitative estimate of drug-likeness (QED) is 0.176. The van der Waals surface area contributed by atoms with Crippen LogP contribution in [-0.4, -0.2) is 23.6 Å². The standard InChI is InChI=1S/C34H39NO4/c1-2-26-14-16-27(17-15-26)9-3-6-22-39-31-13-8-11-29(24-31)19-18-28-10-7-12-30(23-28)35-32(36)25-34(33(37)38)20-4-5-21-34/h7-8,10-19,23-24H,2-6,9,20-22,25H2,1H3,(H,35,36)(H,37,38)/b19-18+. The van der Waals surface area contributed by atoms with Gasteiger partial charge in [0.15, 0.2) is 0 Å². The van der Waals surface area contributed by atoms with Gasteiger partial charge in [-0.2, -0.15) is 0 Å². The van der Waals surface area contributed by atoms with Crippen LogP contribution in [0.25, 0.3) is 12.2 Å². The number of anilines is 1. The maximum absolute atomic E-state index is 12.6. The molecule has 204 valence electrons. The van der Waals surface area contributed by atoms with Crippen molar-refractivity contribution in [2.45, 2.75) is 64.7 Å². The molecule has 4 rings (SSSR count). The van der Waals surface area contributed by atoms with E-state index in [4.69, 9.17) is 4.74 Å². The fourth-order valence-corrected chi connectivity index (χ4v) is 5.21. The minimum absolute atomic E-state index is 0.0151. The monoisotopic (exact) mass is 525 g/mol. The number of rotatable bonds is 13. The Morgan fingerprint density at radius 3 is 2.26 bits per heavy atom. The maximum Gasteiger partial charge on any atom is 0.310 e. The molecule has 1 amide bonds. The van der Waals surface area contributed by atoms with Gasteiger partial charge in [0.2, 0.25) is 5.91 Å². The average molecular weight is 526 g/mol. The third-order valence-corrected chi connectivity index (χ3v) is 7.57. The highest BCUT2D eigenvalue weighted by Crippen LogP contribution is 2.41. The Balaban J connectivity index is 1.25. The van der Waals surface area contributed by atoms with Crippen LogP contribution >= 0.6 is 0 Å². The summed E-state index contributed by atoms with van der Waals surface area (Å²) in [5, 5.41) is 12.5. The van der Waals surface area contributed by atoms with Crippen LogP contribution in [0.5, 0.6) is 5.75 Å². The summed E-state index contributed by atoms with van der Waals surface area (Å²) in [5.74, 6) is -0.264. The average Bonchev–Trinajstić information content (AvgIpc) is 3.42. The molecule has 1 aliphatic rings. The first-order valence-corrected chi connectivity index (χ1v) is 14.1. The molecule has 0 unspecified atom stereocenters. The molecule has 0 atom stereocenters. The van der Waals surface area contributed by atoms with E-state index >= 15 is 0 Å². The zero-order valence-electron chi connectivity index (χ0n) is 22.8. The van der Waals surface area contributed by atoms with E-state index in [9.17, 15) is 14.7 Å². The van der Waals surface area contributed by atoms with Crippen molar-refractivity contribution in [2.75, 3.05) is 11.9 Å². The molecule has 39 heavy (non-hydrogen) atoms. The van der Waals surface area contributed by atoms with E-state index in [0.29, 0.717) is 25.1 Å². The number of carbonyl (C=O) groups excluding carboxylic acids is 1. The van der Waals surface area contributed by atoms with E-state index in [2.05, 4.69) is 36.5 Å². The van der Waals surface area contributed by atoms with Gasteiger partial charge in [-0.15, -0.1) is 0 Å². The number of hydrogen-bond donors (Lipinski definition) is 2. The highest BCUT2D eigenvalue weighted by Gasteiger charge is 2.42. The first-order valence-electron chi connectivity index (χ1n) is 14.1. The summed E-state index contributed by atoms with van der Waals surface area (Å²) >= 11 is 0. The van der Waals surface area contributed by atoms with Gasteiger partial charge < -0.3 is 15.2 Å². The van der Waals surface area contributed by atoms with Crippen molar-refractivity contribution in [3.63, 3.8) is 0 Å². The van der Waals surface area contributed by atoms with E-state index in [0.717, 1.165) is 55.4 Å². The molecule has 0 bridgehead atoms. The van der Waals surface area contributed by atoms with Crippen LogP contribution in [0.1, 0.15) is 74.1 Å². The second-order valence-corrected chi connectivity index (χ2v) is 10.5. The first-order chi connectivity index (χ1) is 19.0. The van der Waals surface area contributed by atoms with Gasteiger partial charge in [-0.05, 0) is 85.0 Å². The Morgan fingerprint density at radius 2 is 1.56 bits per heavy atom. The minimum atomic E-state index is -0.921. The fraction of sp³-hybridized carbons (Fsp3) is 0.353. The van der Waals surface area contributed by atoms with Crippen molar-refractivity contribution < 1.29 is 19.4 Å². The number of aliphatic carboxylic acids is 1. The Morgan fingerprint density at radius 1 is 0.897 bits per heavy atom. The lowest BCUT2D eigenvalue weighted by Gasteiger charge is -2.22. The molecule has 3 aromatic rings. The molecular formula is C34H39NO4. The lowest BCUT2D eigenvalue weighted by atomic mass is 9.82. The molecule has 0 spiro atoms. The number of benzene rings is 3. The summed E-state index contributed by atoms with van der Waals surface area (Å²) in [4.78, 5) is 24.4. The van der Waals surface area contributed by atoms with E-state index in [-0.39, 0.29) is 12.3 Å². The highest BCUT2D eigenvalue weighted by molar-refractivity contribution is 5.94. The van der Waals surface area contributed by atoms with Gasteiger partial charge in [0, 0.05) is 12.1 Å². The van der Waals surface area contributed by atoms with Crippen molar-refractivity contribution in [1.82, 2.24) is 0 Å². The minimum Gasteiger partial charge on any atom is -0.494 e. The van der Waals surface area contributed by atoms with E-state index in [1.807, 2.05) is 60.7 Å². The zero-order chi connectivity index (χ0) is 27.5. The Hall–Kier alpha value is -3.86. The van der Waals surface area contributed by atoms with E-state index in [1.165, 1.54) is 11.1 Å². The van der Waals surface area contributed by atoms with Gasteiger partial charge in [0.1, 0.15) is 5.75 Å². The van der Waals surface area contributed by atoms with Crippen molar-refractivity contribution in [1.29, 1.82) is 0 Å². The lowest BCUT2D eigenvalue weighted by molar-refractivity contribution is -0.150. The molecule has 2 N–H and O–H groups in total. The Labute approximate surface area is 231 Å². The second-order valence-electron chi connectivity index (χ2n) is 10.5. The molecule has 0 saturated heterocycles. The SMILES string of the molecule is CCc1ccc(CCCCOc2cccc(/C=C/c3cccc(NC(=O)CC4(C(=O)O)CCCC4)c3)c2)cc1. The van der Waals surface area contributed by atoms with Gasteiger partial charge >= 0.3 is 5.97 Å². The van der Waals surface area contributed by atoms with Crippen molar-refractivity contribution in [3.8, 4) is 5.75 Å². The molecule has 3 aromatic carbocycles. The summed E-state index contributed by atoms with van der Waals surface area (Å²) in [7, 11) is 0. The third kappa shape index (κ3) is 8.31. The smallest absolute Gasteiger partial charge is 0.310 e. The van der Waals surface area contributed by atoms with Gasteiger partial charge in [-0.1, -0.05) is 80.4 Å². The molecular weight excluding hydrogens is 486 g/mol. The second kappa shape index (κ2) is 13.8. The van der Waals surface area contributed by atoms with Crippen molar-refractivity contribution in [3.05, 3.63) is 95.1 Å². The first kappa shape index (κ1) is 28.2. The maximum atomic E-state index is 12.6. The Kier molecular flexibility index (Phi) is 9.96. The molecule has 0 aromatic heterocycles. The molecule has 5 nitrogen and oxygen atoms in total. The van der Waals surface area contributed by atoms with Crippen LogP contribution < -0.4 is 10.1 Å². The van der Waals surface area contributed by atoms with Gasteiger partial charge in [-0.3, -0.25) is 9.59 Å². The van der Waals surface area contributed by atoms with Crippen LogP contribution in [0, 0.1) is 5.41 Å². The van der Waals surface area contributed by atoms with Crippen molar-refractivity contribution in [2.24, 2.45) is 5.41 Å². The number of amides is 1. The number of hydrogen-bond acceptors (Lipinski definition) is 3. The topological polar surface area (TPSA) is 75.6 Å². The summed E-state index contributed by atoms with van der Waals surface area (Å²) in [6.45, 7) is 2.86. The fourth-order valence-electron chi connectivity index (χ4n) is 5.21. The number of aryl methyl sites for hydroxylation is 2. The number of nitrogens with one attached hydrogen (secondary N) is 1. The summed E-state index contributed by atoms with van der Waals surface area (Å²) < 4.78 is 5.99. The van der Waals surface area contributed by atoms with Gasteiger partial charge in [0.25, 0.3) is 0 Å². The van der Waals surface area contributed by atoms with Crippen LogP contribution in [0.15, 0.2) is 72.8 Å². The molecule has 1 aliphatic carbocycles. The summed E-state index contributed by atoms with van der Waals surface area (Å²) in [6.07, 6.45) is 11.1. The molecule has 1 saturated carbocycles. The largest absolute Gasteiger partial charge is 0.494 e. The lowest BCUT2D eigenvalue weighted by Crippen LogP contribution is -2.32. The molecule has 1 fully saturated rings. The van der Waals surface area contributed by atoms with Gasteiger partial charge in [0.05, 0.1) is 12.0 Å². The molecule has 0 aliphatic heterocycles. The number of ether oxygens (including phenoxy) is 1. The van der Waals surface area contributed by atoms with Gasteiger partial charge in [-0.25, -0.2) is 0 Å². The molecule has 5 heteroatoms. The van der Waals surface area contributed by atoms with Crippen LogP contribution in [0.3, 0.4) is 0 Å². The van der Waals surface area contributed by atoms with E-state index < -0.39 is 11.4 Å². The highest BCUT2D eigenvalue weighted by atomic mass is 16.5. The normalized spacial score (nSPS) is 14.4. The Bertz CT molecular complexity index is 1270. The van der Waals surface area contributed by atoms with Crippen molar-refractivity contribution >= 4 is 29.7 Å². The predicted molar refractivity (Wildman–Crippen MR) is 158 cm³/mol. The van der Waals surface area contributed by atoms with Crippen LogP contribution in [0.2, 0.25) is 0 Å². The summed E-state index contributed by atoms with van der Waals surface area (Å²) in [6, 6.07) is 24.5. The number of carboxylic acid groups (broad SMARTS) is 1. The molecule has 0 radical (unpaired) electrons. The number of unbranched alkanes of at least 4 members (excludes halogenated alkanes) is 1. The number of carboxylic acids is 1. The van der Waals surface area contributed by atoms with E-state index in [1.54, 1.807) is 0 Å². The van der Waals surface area contributed by atoms with Crippen LogP contribution in [0.4, 0.5) is 5.69 Å². The predicted octanol–water partition coefficient (Wildman–Crippen LogP) is 7.79. The van der Waals surface area contributed by atoms with Crippen LogP contribution in [-0.2, 0) is 22.4 Å². The zero-order valence-corrected chi connectivity index (χ0v) is 22.8. The summed E-state index contributed by atoms with van der Waals surface area (Å²) in [5.41, 5.74) is 4.47. The molecule has 0 heterocycles. The number of carbonyl (C=O) groups is 2.